The molecular weight excluding hydrogens is 361 g/mol. The highest BCUT2D eigenvalue weighted by Crippen LogP contribution is 2.51. The van der Waals surface area contributed by atoms with Gasteiger partial charge >= 0.3 is 0 Å². The molecule has 1 aromatic rings. The summed E-state index contributed by atoms with van der Waals surface area (Å²) in [6.45, 7) is 8.93. The third-order valence-electron chi connectivity index (χ3n) is 5.35. The maximum Gasteiger partial charge on any atom is 0.170 e. The van der Waals surface area contributed by atoms with Gasteiger partial charge in [-0.2, -0.15) is 0 Å². The molecule has 4 heteroatoms. The SMILES string of the molecule is CCCCC(CC)CP(=O)(CC(CC)CCCC)Nc1cccc(Cl)c1. The zero-order chi connectivity index (χ0) is 19.4. The van der Waals surface area contributed by atoms with Crippen molar-refractivity contribution in [3.05, 3.63) is 29.3 Å². The molecule has 0 spiro atoms. The Morgan fingerprint density at radius 3 is 1.92 bits per heavy atom. The van der Waals surface area contributed by atoms with Crippen molar-refractivity contribution >= 4 is 24.6 Å². The van der Waals surface area contributed by atoms with Gasteiger partial charge in [0.25, 0.3) is 0 Å². The van der Waals surface area contributed by atoms with E-state index in [0.717, 1.165) is 30.9 Å². The van der Waals surface area contributed by atoms with Crippen molar-refractivity contribution < 1.29 is 4.57 Å². The van der Waals surface area contributed by atoms with Crippen LogP contribution in [0.5, 0.6) is 0 Å². The third-order valence-corrected chi connectivity index (χ3v) is 8.46. The van der Waals surface area contributed by atoms with Gasteiger partial charge in [0, 0.05) is 23.0 Å². The summed E-state index contributed by atoms with van der Waals surface area (Å²) in [5.74, 6) is 1.08. The van der Waals surface area contributed by atoms with Crippen LogP contribution in [0.4, 0.5) is 5.69 Å². The van der Waals surface area contributed by atoms with Gasteiger partial charge in [0.1, 0.15) is 0 Å². The van der Waals surface area contributed by atoms with Gasteiger partial charge in [0.2, 0.25) is 0 Å². The Kier molecular flexibility index (Phi) is 11.6. The number of unbranched alkanes of at least 4 members (excludes halogenated alkanes) is 2. The fourth-order valence-electron chi connectivity index (χ4n) is 3.63. The summed E-state index contributed by atoms with van der Waals surface area (Å²) in [4.78, 5) is 0. The van der Waals surface area contributed by atoms with E-state index in [2.05, 4.69) is 32.8 Å². The van der Waals surface area contributed by atoms with Gasteiger partial charge in [0.15, 0.2) is 7.29 Å². The molecule has 0 aliphatic carbocycles. The van der Waals surface area contributed by atoms with E-state index in [9.17, 15) is 4.57 Å². The molecule has 0 radical (unpaired) electrons. The second-order valence-corrected chi connectivity index (χ2v) is 10.9. The van der Waals surface area contributed by atoms with Crippen molar-refractivity contribution in [2.75, 3.05) is 17.4 Å². The Labute approximate surface area is 166 Å². The number of nitrogens with one attached hydrogen (secondary N) is 1. The average molecular weight is 400 g/mol. The molecule has 26 heavy (non-hydrogen) atoms. The van der Waals surface area contributed by atoms with Crippen molar-refractivity contribution in [1.29, 1.82) is 0 Å². The van der Waals surface area contributed by atoms with Gasteiger partial charge in [0.05, 0.1) is 0 Å². The summed E-state index contributed by atoms with van der Waals surface area (Å²) in [6.07, 6.45) is 11.0. The van der Waals surface area contributed by atoms with Crippen LogP contribution in [-0.4, -0.2) is 12.3 Å². The lowest BCUT2D eigenvalue weighted by atomic mass is 10.0. The lowest BCUT2D eigenvalue weighted by molar-refractivity contribution is 0.464. The van der Waals surface area contributed by atoms with Crippen LogP contribution in [0.25, 0.3) is 0 Å². The lowest BCUT2D eigenvalue weighted by Gasteiger charge is -2.28. The quantitative estimate of drug-likeness (QED) is 0.318. The molecule has 0 fully saturated rings. The Hall–Kier alpha value is -0.460. The first kappa shape index (κ1) is 23.6. The van der Waals surface area contributed by atoms with Gasteiger partial charge in [-0.1, -0.05) is 83.9 Å². The molecule has 0 saturated heterocycles. The minimum Gasteiger partial charge on any atom is -0.336 e. The second-order valence-electron chi connectivity index (χ2n) is 7.71. The van der Waals surface area contributed by atoms with Crippen LogP contribution in [0, 0.1) is 11.8 Å². The number of hydrogen-bond acceptors (Lipinski definition) is 1. The molecule has 0 aliphatic rings. The summed E-state index contributed by atoms with van der Waals surface area (Å²) in [5, 5.41) is 4.14. The van der Waals surface area contributed by atoms with Gasteiger partial charge in [-0.3, -0.25) is 0 Å². The molecule has 1 N–H and O–H groups in total. The monoisotopic (exact) mass is 399 g/mol. The highest BCUT2D eigenvalue weighted by atomic mass is 35.5. The summed E-state index contributed by atoms with van der Waals surface area (Å²) in [5.41, 5.74) is 0.900. The number of hydrogen-bond donors (Lipinski definition) is 1. The first-order valence-electron chi connectivity index (χ1n) is 10.6. The highest BCUT2D eigenvalue weighted by molar-refractivity contribution is 7.65. The van der Waals surface area contributed by atoms with Gasteiger partial charge in [-0.15, -0.1) is 0 Å². The van der Waals surface area contributed by atoms with Crippen LogP contribution in [0.15, 0.2) is 24.3 Å². The second kappa shape index (κ2) is 12.8. The van der Waals surface area contributed by atoms with Crippen molar-refractivity contribution in [2.45, 2.75) is 79.1 Å². The van der Waals surface area contributed by atoms with Crippen LogP contribution in [0.3, 0.4) is 0 Å². The Bertz CT molecular complexity index is 527. The summed E-state index contributed by atoms with van der Waals surface area (Å²) in [6, 6.07) is 7.67. The zero-order valence-corrected chi connectivity index (χ0v) is 18.9. The number of benzene rings is 1. The molecule has 1 aromatic carbocycles. The highest BCUT2D eigenvalue weighted by Gasteiger charge is 2.29. The van der Waals surface area contributed by atoms with Gasteiger partial charge in [-0.25, -0.2) is 0 Å². The van der Waals surface area contributed by atoms with E-state index >= 15 is 0 Å². The van der Waals surface area contributed by atoms with Crippen LogP contribution in [0.1, 0.15) is 79.1 Å². The Morgan fingerprint density at radius 1 is 0.962 bits per heavy atom. The topological polar surface area (TPSA) is 29.1 Å². The predicted octanol–water partition coefficient (Wildman–Crippen LogP) is 8.46. The zero-order valence-electron chi connectivity index (χ0n) is 17.3. The third kappa shape index (κ3) is 8.96. The van der Waals surface area contributed by atoms with Crippen molar-refractivity contribution in [3.63, 3.8) is 0 Å². The van der Waals surface area contributed by atoms with Crippen LogP contribution in [0.2, 0.25) is 5.02 Å². The van der Waals surface area contributed by atoms with E-state index in [1.54, 1.807) is 0 Å². The minimum absolute atomic E-state index is 0.538. The molecule has 1 rings (SSSR count). The fourth-order valence-corrected chi connectivity index (χ4v) is 7.31. The molecule has 150 valence electrons. The van der Waals surface area contributed by atoms with E-state index in [-0.39, 0.29) is 0 Å². The maximum atomic E-state index is 14.0. The number of rotatable bonds is 14. The molecule has 0 aromatic heterocycles. The first-order valence-corrected chi connectivity index (χ1v) is 13.0. The molecule has 2 nitrogen and oxygen atoms in total. The normalized spacial score (nSPS) is 16.0. The summed E-state index contributed by atoms with van der Waals surface area (Å²) < 4.78 is 14.0. The Morgan fingerprint density at radius 2 is 1.50 bits per heavy atom. The number of halogens is 1. The van der Waals surface area contributed by atoms with Crippen molar-refractivity contribution in [2.24, 2.45) is 11.8 Å². The average Bonchev–Trinajstić information content (AvgIpc) is 2.62. The lowest BCUT2D eigenvalue weighted by Crippen LogP contribution is -2.17. The molecule has 0 heterocycles. The van der Waals surface area contributed by atoms with Gasteiger partial charge in [-0.05, 0) is 42.9 Å². The van der Waals surface area contributed by atoms with Crippen molar-refractivity contribution in [1.82, 2.24) is 0 Å². The number of anilines is 1. The standard InChI is InChI=1S/C22H39ClNOP/c1-5-9-12-19(7-3)17-26(25,18-20(8-4)13-10-6-2)24-22-15-11-14-21(23)16-22/h11,14-16,19-20H,5-10,12-13,17-18H2,1-4H3,(H,24,25). The van der Waals surface area contributed by atoms with E-state index in [4.69, 9.17) is 11.6 Å². The summed E-state index contributed by atoms with van der Waals surface area (Å²) >= 11 is 6.15. The minimum atomic E-state index is -2.50. The smallest absolute Gasteiger partial charge is 0.170 e. The van der Waals surface area contributed by atoms with Crippen LogP contribution in [-0.2, 0) is 4.57 Å². The van der Waals surface area contributed by atoms with E-state index in [0.29, 0.717) is 16.9 Å². The molecule has 0 amide bonds. The fraction of sp³-hybridized carbons (Fsp3) is 0.727. The molecule has 0 bridgehead atoms. The molecular formula is C22H39ClNOP. The molecule has 0 aliphatic heterocycles. The van der Waals surface area contributed by atoms with Crippen LogP contribution >= 0.6 is 18.9 Å². The van der Waals surface area contributed by atoms with Crippen LogP contribution < -0.4 is 5.09 Å². The van der Waals surface area contributed by atoms with E-state index in [1.165, 1.54) is 38.5 Å². The van der Waals surface area contributed by atoms with Gasteiger partial charge < -0.3 is 9.65 Å². The maximum absolute atomic E-state index is 14.0. The molecule has 2 atom stereocenters. The van der Waals surface area contributed by atoms with E-state index < -0.39 is 7.29 Å². The molecule has 2 unspecified atom stereocenters. The Balaban J connectivity index is 2.95. The van der Waals surface area contributed by atoms with Crippen molar-refractivity contribution in [3.8, 4) is 0 Å². The largest absolute Gasteiger partial charge is 0.336 e. The molecule has 0 saturated carbocycles. The predicted molar refractivity (Wildman–Crippen MR) is 119 cm³/mol. The van der Waals surface area contributed by atoms with E-state index in [1.807, 2.05) is 24.3 Å². The summed E-state index contributed by atoms with van der Waals surface area (Å²) in [7, 11) is -2.50. The first-order chi connectivity index (χ1) is 12.5.